The quantitative estimate of drug-likeness (QED) is 0.661. The van der Waals surface area contributed by atoms with Crippen LogP contribution in [0.3, 0.4) is 0 Å². The fraction of sp³-hybridized carbons (Fsp3) is 0.133. The Balaban J connectivity index is 0.00000147. The zero-order valence-corrected chi connectivity index (χ0v) is 14.8. The molecule has 0 aliphatic rings. The third-order valence-corrected chi connectivity index (χ3v) is 4.12. The third kappa shape index (κ3) is 2.60. The first-order valence-corrected chi connectivity index (χ1v) is 6.73. The van der Waals surface area contributed by atoms with Crippen LogP contribution in [0.1, 0.15) is 16.3 Å². The predicted octanol–water partition coefficient (Wildman–Crippen LogP) is 3.43. The second-order valence-corrected chi connectivity index (χ2v) is 5.32. The molecule has 2 aromatic heterocycles. The number of carbonyl (C=O) groups excluding carboxylic acids is 1. The minimum atomic E-state index is 0. The average molecular weight is 356 g/mol. The molecular formula is C15H11N2OSY-. The number of hydrogen-bond acceptors (Lipinski definition) is 4. The Morgan fingerprint density at radius 2 is 1.80 bits per heavy atom. The van der Waals surface area contributed by atoms with E-state index in [-0.39, 0.29) is 32.7 Å². The van der Waals surface area contributed by atoms with Crippen molar-refractivity contribution in [2.45, 2.75) is 13.8 Å². The number of rotatable bonds is 2. The van der Waals surface area contributed by atoms with E-state index in [0.29, 0.717) is 10.7 Å². The number of hydrogen-bond donors (Lipinski definition) is 0. The van der Waals surface area contributed by atoms with E-state index in [1.807, 2.05) is 50.5 Å². The van der Waals surface area contributed by atoms with Crippen molar-refractivity contribution in [1.29, 1.82) is 0 Å². The molecule has 1 radical (unpaired) electrons. The molecule has 0 spiro atoms. The Morgan fingerprint density at radius 1 is 1.10 bits per heavy atom. The molecule has 0 N–H and O–H groups in total. The van der Waals surface area contributed by atoms with Crippen molar-refractivity contribution in [3.05, 3.63) is 46.6 Å². The fourth-order valence-corrected chi connectivity index (χ4v) is 3.17. The van der Waals surface area contributed by atoms with Gasteiger partial charge in [-0.1, -0.05) is 35.2 Å². The van der Waals surface area contributed by atoms with Crippen LogP contribution in [0.15, 0.2) is 30.3 Å². The molecule has 3 rings (SSSR count). The van der Waals surface area contributed by atoms with Crippen LogP contribution in [0.5, 0.6) is 0 Å². The molecule has 0 bridgehead atoms. The summed E-state index contributed by atoms with van der Waals surface area (Å²) in [6.45, 7) is 3.79. The summed E-state index contributed by atoms with van der Waals surface area (Å²) < 4.78 is 0. The van der Waals surface area contributed by atoms with Gasteiger partial charge in [0.15, 0.2) is 0 Å². The van der Waals surface area contributed by atoms with E-state index < -0.39 is 0 Å². The van der Waals surface area contributed by atoms with Crippen molar-refractivity contribution in [2.75, 3.05) is 0 Å². The van der Waals surface area contributed by atoms with Gasteiger partial charge in [-0.25, -0.2) is 9.97 Å². The van der Waals surface area contributed by atoms with Gasteiger partial charge in [0, 0.05) is 39.0 Å². The molecule has 20 heavy (non-hydrogen) atoms. The van der Waals surface area contributed by atoms with Crippen LogP contribution in [-0.2, 0) is 37.5 Å². The fourth-order valence-electron chi connectivity index (χ4n) is 2.15. The maximum atomic E-state index is 11.0. The summed E-state index contributed by atoms with van der Waals surface area (Å²) in [6.07, 6.45) is 1.98. The van der Waals surface area contributed by atoms with Gasteiger partial charge >= 0.3 is 0 Å². The maximum Gasteiger partial charge on any atom is 0.127 e. The number of benzene rings is 1. The summed E-state index contributed by atoms with van der Waals surface area (Å²) in [5.41, 5.74) is 2.84. The van der Waals surface area contributed by atoms with Crippen LogP contribution >= 0.6 is 11.3 Å². The molecule has 0 aliphatic carbocycles. The molecule has 0 atom stereocenters. The van der Waals surface area contributed by atoms with Crippen molar-refractivity contribution < 1.29 is 37.5 Å². The molecule has 0 aliphatic heterocycles. The van der Waals surface area contributed by atoms with Gasteiger partial charge in [-0.05, 0) is 17.9 Å². The van der Waals surface area contributed by atoms with E-state index in [1.165, 1.54) is 11.3 Å². The van der Waals surface area contributed by atoms with Gasteiger partial charge in [-0.3, -0.25) is 0 Å². The third-order valence-electron chi connectivity index (χ3n) is 3.04. The standard InChI is InChI=1S/C15H11N2OS.Y/c1-9-12(8-18)19-15-13(9)14(16-10(2)17-15)11-6-4-3-5-7-11;/h3-7H,1-2H3;/q-1;. The van der Waals surface area contributed by atoms with Gasteiger partial charge < -0.3 is 4.79 Å². The predicted molar refractivity (Wildman–Crippen MR) is 77.1 cm³/mol. The van der Waals surface area contributed by atoms with E-state index in [2.05, 4.69) is 9.97 Å². The van der Waals surface area contributed by atoms with Gasteiger partial charge in [0.25, 0.3) is 0 Å². The first kappa shape index (κ1) is 15.4. The Hall–Kier alpha value is -0.966. The normalized spacial score (nSPS) is 10.3. The van der Waals surface area contributed by atoms with Crippen LogP contribution in [0.2, 0.25) is 0 Å². The first-order chi connectivity index (χ1) is 9.20. The van der Waals surface area contributed by atoms with Crippen LogP contribution in [-0.4, -0.2) is 16.3 Å². The molecule has 0 saturated carbocycles. The van der Waals surface area contributed by atoms with Crippen molar-refractivity contribution in [1.82, 2.24) is 9.97 Å². The zero-order valence-electron chi connectivity index (χ0n) is 11.2. The van der Waals surface area contributed by atoms with Crippen molar-refractivity contribution >= 4 is 27.8 Å². The molecule has 0 fully saturated rings. The van der Waals surface area contributed by atoms with Crippen LogP contribution in [0, 0.1) is 13.8 Å². The summed E-state index contributed by atoms with van der Waals surface area (Å²) >= 11 is 1.37. The second kappa shape index (κ2) is 6.21. The monoisotopic (exact) mass is 356 g/mol. The first-order valence-electron chi connectivity index (χ1n) is 5.92. The van der Waals surface area contributed by atoms with E-state index in [4.69, 9.17) is 0 Å². The van der Waals surface area contributed by atoms with Crippen molar-refractivity contribution in [2.24, 2.45) is 0 Å². The topological polar surface area (TPSA) is 42.9 Å². The summed E-state index contributed by atoms with van der Waals surface area (Å²) in [5.74, 6) is 0.713. The van der Waals surface area contributed by atoms with E-state index in [9.17, 15) is 4.79 Å². The van der Waals surface area contributed by atoms with E-state index in [0.717, 1.165) is 27.0 Å². The van der Waals surface area contributed by atoms with E-state index in [1.54, 1.807) is 0 Å². The Labute approximate surface area is 146 Å². The van der Waals surface area contributed by atoms with Crippen molar-refractivity contribution in [3.63, 3.8) is 0 Å². The average Bonchev–Trinajstić information content (AvgIpc) is 2.75. The summed E-state index contributed by atoms with van der Waals surface area (Å²) in [6, 6.07) is 9.96. The van der Waals surface area contributed by atoms with Gasteiger partial charge in [-0.2, -0.15) is 16.9 Å². The summed E-state index contributed by atoms with van der Waals surface area (Å²) in [7, 11) is 0. The van der Waals surface area contributed by atoms with Gasteiger partial charge in [0.05, 0.1) is 5.69 Å². The SMILES string of the molecule is Cc1nc(-c2ccccc2)c2c(C)c([C-]=O)sc2n1.[Y]. The van der Waals surface area contributed by atoms with E-state index >= 15 is 0 Å². The minimum absolute atomic E-state index is 0. The Bertz CT molecular complexity index is 768. The molecule has 0 amide bonds. The van der Waals surface area contributed by atoms with Crippen molar-refractivity contribution in [3.8, 4) is 11.3 Å². The molecule has 97 valence electrons. The van der Waals surface area contributed by atoms with Gasteiger partial charge in [0.1, 0.15) is 10.7 Å². The second-order valence-electron chi connectivity index (χ2n) is 4.32. The van der Waals surface area contributed by atoms with Gasteiger partial charge in [0.2, 0.25) is 0 Å². The Morgan fingerprint density at radius 3 is 2.45 bits per heavy atom. The molecule has 3 nitrogen and oxygen atoms in total. The minimum Gasteiger partial charge on any atom is -0.417 e. The van der Waals surface area contributed by atoms with Gasteiger partial charge in [-0.15, -0.1) is 6.92 Å². The van der Waals surface area contributed by atoms with Crippen LogP contribution < -0.4 is 0 Å². The molecule has 1 aromatic carbocycles. The molecule has 0 saturated heterocycles. The maximum absolute atomic E-state index is 11.0. The molecule has 2 heterocycles. The molecular weight excluding hydrogens is 345 g/mol. The zero-order chi connectivity index (χ0) is 13.4. The smallest absolute Gasteiger partial charge is 0.127 e. The number of aryl methyl sites for hydroxylation is 2. The van der Waals surface area contributed by atoms with Crippen LogP contribution in [0.25, 0.3) is 21.5 Å². The largest absolute Gasteiger partial charge is 0.417 e. The molecule has 0 unspecified atom stereocenters. The summed E-state index contributed by atoms with van der Waals surface area (Å²) in [5, 5.41) is 0.958. The Kier molecular flexibility index (Phi) is 4.79. The summed E-state index contributed by atoms with van der Waals surface area (Å²) in [4.78, 5) is 21.4. The number of thiophene rings is 1. The number of nitrogens with zero attached hydrogens (tertiary/aromatic N) is 2. The number of aromatic nitrogens is 2. The molecule has 3 aromatic rings. The molecule has 5 heteroatoms. The number of fused-ring (bicyclic) bond motifs is 1. The van der Waals surface area contributed by atoms with Crippen LogP contribution in [0.4, 0.5) is 0 Å².